The maximum Gasteiger partial charge on any atom is 0.338 e. The number of hydrogen-bond acceptors (Lipinski definition) is 4. The van der Waals surface area contributed by atoms with Gasteiger partial charge in [-0.1, -0.05) is 12.1 Å². The predicted molar refractivity (Wildman–Crippen MR) is 67.6 cm³/mol. The summed E-state index contributed by atoms with van der Waals surface area (Å²) in [6, 6.07) is 9.07. The molecule has 0 amide bonds. The molecule has 1 heterocycles. The summed E-state index contributed by atoms with van der Waals surface area (Å²) < 4.78 is 9.85. The molecule has 4 nitrogen and oxygen atoms in total. The van der Waals surface area contributed by atoms with Crippen LogP contribution in [0.4, 0.5) is 0 Å². The normalized spacial score (nSPS) is 9.89. The first-order valence-electron chi connectivity index (χ1n) is 5.43. The number of methoxy groups -OCH3 is 2. The van der Waals surface area contributed by atoms with Crippen molar-refractivity contribution < 1.29 is 14.3 Å². The van der Waals surface area contributed by atoms with E-state index in [2.05, 4.69) is 4.98 Å². The van der Waals surface area contributed by atoms with Gasteiger partial charge in [0.25, 0.3) is 0 Å². The minimum atomic E-state index is -0.372. The van der Waals surface area contributed by atoms with E-state index in [4.69, 9.17) is 9.47 Å². The fourth-order valence-corrected chi connectivity index (χ4v) is 1.68. The van der Waals surface area contributed by atoms with E-state index in [1.165, 1.54) is 7.11 Å². The van der Waals surface area contributed by atoms with E-state index >= 15 is 0 Å². The van der Waals surface area contributed by atoms with Crippen LogP contribution >= 0.6 is 0 Å². The molecule has 0 radical (unpaired) electrons. The third kappa shape index (κ3) is 2.32. The number of carbonyl (C=O) groups excluding carboxylic acids is 1. The van der Waals surface area contributed by atoms with Gasteiger partial charge >= 0.3 is 5.97 Å². The van der Waals surface area contributed by atoms with Gasteiger partial charge in [0.05, 0.1) is 19.8 Å². The molecule has 1 aromatic carbocycles. The van der Waals surface area contributed by atoms with Crippen molar-refractivity contribution in [1.82, 2.24) is 4.98 Å². The Hall–Kier alpha value is -2.36. The summed E-state index contributed by atoms with van der Waals surface area (Å²) in [5.74, 6) is 0.394. The minimum Gasteiger partial charge on any atom is -0.497 e. The molecule has 4 heteroatoms. The highest BCUT2D eigenvalue weighted by Crippen LogP contribution is 2.25. The standard InChI is InChI=1S/C14H13NO3/c1-17-11-5-3-10(4-6-11)13-9-15-8-7-12(13)14(16)18-2/h3-9H,1-2H3. The molecule has 0 saturated carbocycles. The van der Waals surface area contributed by atoms with Crippen molar-refractivity contribution in [3.05, 3.63) is 48.3 Å². The molecule has 92 valence electrons. The monoisotopic (exact) mass is 243 g/mol. The van der Waals surface area contributed by atoms with Crippen LogP contribution in [0, 0.1) is 0 Å². The smallest absolute Gasteiger partial charge is 0.338 e. The fourth-order valence-electron chi connectivity index (χ4n) is 1.68. The van der Waals surface area contributed by atoms with Crippen molar-refractivity contribution in [2.45, 2.75) is 0 Å². The van der Waals surface area contributed by atoms with Crippen LogP contribution in [0.1, 0.15) is 10.4 Å². The molecule has 1 aromatic heterocycles. The van der Waals surface area contributed by atoms with Crippen molar-refractivity contribution in [2.75, 3.05) is 14.2 Å². The van der Waals surface area contributed by atoms with Gasteiger partial charge < -0.3 is 9.47 Å². The lowest BCUT2D eigenvalue weighted by Gasteiger charge is -2.08. The molecular weight excluding hydrogens is 230 g/mol. The quantitative estimate of drug-likeness (QED) is 0.777. The zero-order valence-corrected chi connectivity index (χ0v) is 10.2. The van der Waals surface area contributed by atoms with Gasteiger partial charge in [0, 0.05) is 18.0 Å². The van der Waals surface area contributed by atoms with Crippen LogP contribution in [0.25, 0.3) is 11.1 Å². The van der Waals surface area contributed by atoms with E-state index in [1.54, 1.807) is 25.6 Å². The lowest BCUT2D eigenvalue weighted by atomic mass is 10.0. The SMILES string of the molecule is COC(=O)c1ccncc1-c1ccc(OC)cc1. The van der Waals surface area contributed by atoms with E-state index in [-0.39, 0.29) is 5.97 Å². The molecule has 2 rings (SSSR count). The summed E-state index contributed by atoms with van der Waals surface area (Å²) in [6.45, 7) is 0. The minimum absolute atomic E-state index is 0.372. The second-order valence-corrected chi connectivity index (χ2v) is 3.64. The first-order chi connectivity index (χ1) is 8.76. The lowest BCUT2D eigenvalue weighted by molar-refractivity contribution is 0.0601. The zero-order chi connectivity index (χ0) is 13.0. The van der Waals surface area contributed by atoms with Gasteiger partial charge in [-0.15, -0.1) is 0 Å². The van der Waals surface area contributed by atoms with Gasteiger partial charge in [-0.25, -0.2) is 4.79 Å². The number of benzene rings is 1. The van der Waals surface area contributed by atoms with Crippen LogP contribution in [0.2, 0.25) is 0 Å². The van der Waals surface area contributed by atoms with Crippen molar-refractivity contribution >= 4 is 5.97 Å². The van der Waals surface area contributed by atoms with E-state index in [0.717, 1.165) is 16.9 Å². The Morgan fingerprint density at radius 2 is 1.83 bits per heavy atom. The molecule has 0 N–H and O–H groups in total. The number of rotatable bonds is 3. The van der Waals surface area contributed by atoms with Gasteiger partial charge in [0.2, 0.25) is 0 Å². The molecule has 0 aliphatic carbocycles. The first kappa shape index (κ1) is 12.1. The summed E-state index contributed by atoms with van der Waals surface area (Å²) in [5.41, 5.74) is 2.13. The number of pyridine rings is 1. The lowest BCUT2D eigenvalue weighted by Crippen LogP contribution is -2.03. The average molecular weight is 243 g/mol. The summed E-state index contributed by atoms with van der Waals surface area (Å²) in [4.78, 5) is 15.7. The number of esters is 1. The predicted octanol–water partition coefficient (Wildman–Crippen LogP) is 2.54. The van der Waals surface area contributed by atoms with Gasteiger partial charge in [-0.2, -0.15) is 0 Å². The Morgan fingerprint density at radius 1 is 1.11 bits per heavy atom. The summed E-state index contributed by atoms with van der Waals surface area (Å²) in [5, 5.41) is 0. The molecule has 0 saturated heterocycles. The van der Waals surface area contributed by atoms with Gasteiger partial charge in [-0.3, -0.25) is 4.98 Å². The van der Waals surface area contributed by atoms with Crippen molar-refractivity contribution in [3.8, 4) is 16.9 Å². The Kier molecular flexibility index (Phi) is 3.57. The topological polar surface area (TPSA) is 48.4 Å². The highest BCUT2D eigenvalue weighted by atomic mass is 16.5. The van der Waals surface area contributed by atoms with Crippen molar-refractivity contribution in [3.63, 3.8) is 0 Å². The van der Waals surface area contributed by atoms with E-state index in [1.807, 2.05) is 24.3 Å². The molecule has 0 aliphatic rings. The summed E-state index contributed by atoms with van der Waals surface area (Å²) in [6.07, 6.45) is 3.22. The van der Waals surface area contributed by atoms with E-state index < -0.39 is 0 Å². The number of hydrogen-bond donors (Lipinski definition) is 0. The van der Waals surface area contributed by atoms with E-state index in [9.17, 15) is 4.79 Å². The Bertz CT molecular complexity index is 549. The highest BCUT2D eigenvalue weighted by Gasteiger charge is 2.12. The zero-order valence-electron chi connectivity index (χ0n) is 10.2. The fraction of sp³-hybridized carbons (Fsp3) is 0.143. The van der Waals surface area contributed by atoms with Crippen LogP contribution in [0.3, 0.4) is 0 Å². The molecule has 0 atom stereocenters. The first-order valence-corrected chi connectivity index (χ1v) is 5.43. The number of nitrogens with zero attached hydrogens (tertiary/aromatic N) is 1. The Labute approximate surface area is 105 Å². The van der Waals surface area contributed by atoms with Crippen LogP contribution in [-0.4, -0.2) is 25.2 Å². The molecule has 0 fully saturated rings. The third-order valence-corrected chi connectivity index (χ3v) is 2.63. The van der Waals surface area contributed by atoms with Crippen LogP contribution < -0.4 is 4.74 Å². The Morgan fingerprint density at radius 3 is 2.44 bits per heavy atom. The van der Waals surface area contributed by atoms with E-state index in [0.29, 0.717) is 5.56 Å². The molecule has 2 aromatic rings. The number of carbonyl (C=O) groups is 1. The number of aromatic nitrogens is 1. The maximum absolute atomic E-state index is 11.7. The third-order valence-electron chi connectivity index (χ3n) is 2.63. The largest absolute Gasteiger partial charge is 0.497 e. The molecule has 0 bridgehead atoms. The average Bonchev–Trinajstić information content (AvgIpc) is 2.46. The Balaban J connectivity index is 2.46. The maximum atomic E-state index is 11.7. The second kappa shape index (κ2) is 5.31. The highest BCUT2D eigenvalue weighted by molar-refractivity contribution is 5.96. The molecule has 0 aliphatic heterocycles. The molecule has 0 spiro atoms. The van der Waals surface area contributed by atoms with Crippen LogP contribution in [0.15, 0.2) is 42.7 Å². The van der Waals surface area contributed by atoms with Crippen LogP contribution in [-0.2, 0) is 4.74 Å². The van der Waals surface area contributed by atoms with Crippen molar-refractivity contribution in [1.29, 1.82) is 0 Å². The second-order valence-electron chi connectivity index (χ2n) is 3.64. The van der Waals surface area contributed by atoms with Crippen molar-refractivity contribution in [2.24, 2.45) is 0 Å². The summed E-state index contributed by atoms with van der Waals surface area (Å²) in [7, 11) is 2.97. The number of ether oxygens (including phenoxy) is 2. The van der Waals surface area contributed by atoms with Gasteiger partial charge in [0.1, 0.15) is 5.75 Å². The molecule has 0 unspecified atom stereocenters. The molecule has 18 heavy (non-hydrogen) atoms. The summed E-state index contributed by atoms with van der Waals surface area (Å²) >= 11 is 0. The van der Waals surface area contributed by atoms with Gasteiger partial charge in [0.15, 0.2) is 0 Å². The van der Waals surface area contributed by atoms with Crippen LogP contribution in [0.5, 0.6) is 5.75 Å². The van der Waals surface area contributed by atoms with Gasteiger partial charge in [-0.05, 0) is 23.8 Å². The molecular formula is C14H13NO3.